The van der Waals surface area contributed by atoms with Crippen LogP contribution in [0.2, 0.25) is 5.02 Å². The van der Waals surface area contributed by atoms with E-state index in [4.69, 9.17) is 16.7 Å². The highest BCUT2D eigenvalue weighted by molar-refractivity contribution is 6.32. The lowest BCUT2D eigenvalue weighted by molar-refractivity contribution is 0.111. The summed E-state index contributed by atoms with van der Waals surface area (Å²) in [5, 5.41) is 8.95. The molecule has 0 fully saturated rings. The zero-order valence-electron chi connectivity index (χ0n) is 6.67. The van der Waals surface area contributed by atoms with Gasteiger partial charge >= 0.3 is 0 Å². The molecule has 3 nitrogen and oxygen atoms in total. The minimum atomic E-state index is -1.03. The Morgan fingerprint density at radius 1 is 1.69 bits per heavy atom. The lowest BCUT2D eigenvalue weighted by Gasteiger charge is -2.07. The van der Waals surface area contributed by atoms with E-state index in [1.54, 1.807) is 0 Å². The number of aromatic hydroxyl groups is 1. The van der Waals surface area contributed by atoms with Crippen molar-refractivity contribution in [2.24, 2.45) is 0 Å². The fourth-order valence-electron chi connectivity index (χ4n) is 0.928. The Labute approximate surface area is 78.7 Å². The van der Waals surface area contributed by atoms with E-state index >= 15 is 0 Å². The Bertz CT molecular complexity index is 352. The first kappa shape index (κ1) is 9.80. The number of rotatable bonds is 2. The van der Waals surface area contributed by atoms with E-state index < -0.39 is 11.6 Å². The second-order valence-electron chi connectivity index (χ2n) is 2.26. The summed E-state index contributed by atoms with van der Waals surface area (Å²) in [7, 11) is 1.25. The van der Waals surface area contributed by atoms with Crippen molar-refractivity contribution < 1.29 is 19.0 Å². The van der Waals surface area contributed by atoms with Gasteiger partial charge in [0, 0.05) is 6.07 Å². The molecule has 0 unspecified atom stereocenters. The Kier molecular flexibility index (Phi) is 2.72. The first-order valence-corrected chi connectivity index (χ1v) is 3.69. The maximum Gasteiger partial charge on any atom is 0.179 e. The molecule has 0 atom stereocenters. The number of benzene rings is 1. The van der Waals surface area contributed by atoms with Gasteiger partial charge in [-0.1, -0.05) is 11.6 Å². The quantitative estimate of drug-likeness (QED) is 0.750. The lowest BCUT2D eigenvalue weighted by Crippen LogP contribution is -1.95. The van der Waals surface area contributed by atoms with Gasteiger partial charge < -0.3 is 9.84 Å². The molecule has 0 bridgehead atoms. The largest absolute Gasteiger partial charge is 0.505 e. The topological polar surface area (TPSA) is 46.5 Å². The molecule has 0 saturated heterocycles. The van der Waals surface area contributed by atoms with E-state index in [-0.39, 0.29) is 22.6 Å². The van der Waals surface area contributed by atoms with E-state index in [2.05, 4.69) is 4.74 Å². The number of hydrogen-bond acceptors (Lipinski definition) is 3. The van der Waals surface area contributed by atoms with Gasteiger partial charge in [-0.3, -0.25) is 4.79 Å². The number of halogens is 2. The van der Waals surface area contributed by atoms with Crippen LogP contribution in [0.1, 0.15) is 10.4 Å². The molecule has 1 aromatic rings. The molecule has 1 rings (SSSR count). The van der Waals surface area contributed by atoms with Crippen LogP contribution in [0, 0.1) is 5.82 Å². The van der Waals surface area contributed by atoms with Crippen molar-refractivity contribution >= 4 is 17.9 Å². The molecule has 0 saturated carbocycles. The van der Waals surface area contributed by atoms with Crippen molar-refractivity contribution in [3.8, 4) is 11.5 Å². The van der Waals surface area contributed by atoms with Crippen LogP contribution in [0.15, 0.2) is 6.07 Å². The summed E-state index contributed by atoms with van der Waals surface area (Å²) in [5.41, 5.74) is -0.382. The standard InChI is InChI=1S/C8H6ClFO3/c1-13-8-4(3-11)7(10)6(12)2-5(8)9/h2-3,12H,1H3. The lowest BCUT2D eigenvalue weighted by atomic mass is 10.2. The summed E-state index contributed by atoms with van der Waals surface area (Å²) >= 11 is 5.57. The molecule has 13 heavy (non-hydrogen) atoms. The summed E-state index contributed by atoms with van der Waals surface area (Å²) in [6, 6.07) is 0.975. The van der Waals surface area contributed by atoms with Gasteiger partial charge in [-0.05, 0) is 0 Å². The minimum Gasteiger partial charge on any atom is -0.505 e. The summed E-state index contributed by atoms with van der Waals surface area (Å²) < 4.78 is 17.7. The van der Waals surface area contributed by atoms with Gasteiger partial charge in [0.25, 0.3) is 0 Å². The maximum atomic E-state index is 13.0. The summed E-state index contributed by atoms with van der Waals surface area (Å²) in [5.74, 6) is -1.78. The van der Waals surface area contributed by atoms with E-state index in [0.717, 1.165) is 6.07 Å². The van der Waals surface area contributed by atoms with Crippen LogP contribution in [0.3, 0.4) is 0 Å². The number of methoxy groups -OCH3 is 1. The second-order valence-corrected chi connectivity index (χ2v) is 2.66. The van der Waals surface area contributed by atoms with Gasteiger partial charge in [0.2, 0.25) is 0 Å². The number of hydrogen-bond donors (Lipinski definition) is 1. The zero-order chi connectivity index (χ0) is 10.0. The Balaban J connectivity index is 3.50. The number of aldehydes is 1. The van der Waals surface area contributed by atoms with E-state index in [1.807, 2.05) is 0 Å². The third kappa shape index (κ3) is 1.58. The van der Waals surface area contributed by atoms with Crippen LogP contribution in [0.4, 0.5) is 4.39 Å². The summed E-state index contributed by atoms with van der Waals surface area (Å²) in [6.45, 7) is 0. The molecule has 0 radical (unpaired) electrons. The molecular formula is C8H6ClFO3. The van der Waals surface area contributed by atoms with E-state index in [9.17, 15) is 9.18 Å². The van der Waals surface area contributed by atoms with Crippen molar-refractivity contribution in [1.82, 2.24) is 0 Å². The number of phenolic OH excluding ortho intramolecular Hbond substituents is 1. The summed E-state index contributed by atoms with van der Waals surface area (Å²) in [6.07, 6.45) is 0.236. The van der Waals surface area contributed by atoms with Crippen molar-refractivity contribution in [2.45, 2.75) is 0 Å². The number of carbonyl (C=O) groups excluding carboxylic acids is 1. The Morgan fingerprint density at radius 2 is 2.31 bits per heavy atom. The number of ether oxygens (including phenoxy) is 1. The van der Waals surface area contributed by atoms with Gasteiger partial charge in [0.05, 0.1) is 17.7 Å². The molecule has 0 amide bonds. The first-order valence-electron chi connectivity index (χ1n) is 3.32. The highest BCUT2D eigenvalue weighted by Gasteiger charge is 2.16. The highest BCUT2D eigenvalue weighted by Crippen LogP contribution is 2.34. The van der Waals surface area contributed by atoms with Crippen LogP contribution in [0.25, 0.3) is 0 Å². The van der Waals surface area contributed by atoms with Crippen LogP contribution < -0.4 is 4.74 Å². The van der Waals surface area contributed by atoms with Crippen molar-refractivity contribution in [1.29, 1.82) is 0 Å². The average Bonchev–Trinajstić information content (AvgIpc) is 2.10. The van der Waals surface area contributed by atoms with Crippen molar-refractivity contribution in [2.75, 3.05) is 7.11 Å². The summed E-state index contributed by atoms with van der Waals surface area (Å²) in [4.78, 5) is 10.4. The smallest absolute Gasteiger partial charge is 0.179 e. The predicted octanol–water partition coefficient (Wildman–Crippen LogP) is 2.01. The van der Waals surface area contributed by atoms with Gasteiger partial charge in [-0.25, -0.2) is 4.39 Å². The third-order valence-corrected chi connectivity index (χ3v) is 1.79. The average molecular weight is 205 g/mol. The van der Waals surface area contributed by atoms with Crippen molar-refractivity contribution in [3.63, 3.8) is 0 Å². The normalized spacial score (nSPS) is 9.77. The molecule has 0 heterocycles. The van der Waals surface area contributed by atoms with E-state index in [0.29, 0.717) is 0 Å². The van der Waals surface area contributed by atoms with Gasteiger partial charge in [-0.15, -0.1) is 0 Å². The highest BCUT2D eigenvalue weighted by atomic mass is 35.5. The molecule has 70 valence electrons. The van der Waals surface area contributed by atoms with Crippen LogP contribution in [-0.2, 0) is 0 Å². The molecule has 0 spiro atoms. The molecular weight excluding hydrogens is 199 g/mol. The number of carbonyl (C=O) groups is 1. The first-order chi connectivity index (χ1) is 6.11. The zero-order valence-corrected chi connectivity index (χ0v) is 7.43. The molecule has 0 aliphatic rings. The molecule has 5 heteroatoms. The fourth-order valence-corrected chi connectivity index (χ4v) is 1.21. The number of phenols is 1. The predicted molar refractivity (Wildman–Crippen MR) is 45.0 cm³/mol. The Hall–Kier alpha value is -1.29. The van der Waals surface area contributed by atoms with Gasteiger partial charge in [0.1, 0.15) is 0 Å². The van der Waals surface area contributed by atoms with Crippen LogP contribution in [-0.4, -0.2) is 18.5 Å². The SMILES string of the molecule is COc1c(Cl)cc(O)c(F)c1C=O. The molecule has 1 aromatic carbocycles. The van der Waals surface area contributed by atoms with E-state index in [1.165, 1.54) is 7.11 Å². The molecule has 0 aliphatic heterocycles. The fraction of sp³-hybridized carbons (Fsp3) is 0.125. The second kappa shape index (κ2) is 3.62. The van der Waals surface area contributed by atoms with Crippen molar-refractivity contribution in [3.05, 3.63) is 22.5 Å². The molecule has 0 aromatic heterocycles. The van der Waals surface area contributed by atoms with Crippen LogP contribution in [0.5, 0.6) is 11.5 Å². The molecule has 0 aliphatic carbocycles. The molecule has 1 N–H and O–H groups in total. The Morgan fingerprint density at radius 3 is 2.77 bits per heavy atom. The van der Waals surface area contributed by atoms with Gasteiger partial charge in [0.15, 0.2) is 23.6 Å². The minimum absolute atomic E-state index is 0.0106. The van der Waals surface area contributed by atoms with Gasteiger partial charge in [-0.2, -0.15) is 0 Å². The third-order valence-electron chi connectivity index (χ3n) is 1.51. The van der Waals surface area contributed by atoms with Crippen LogP contribution >= 0.6 is 11.6 Å². The maximum absolute atomic E-state index is 13.0. The monoisotopic (exact) mass is 204 g/mol.